The lowest BCUT2D eigenvalue weighted by Crippen LogP contribution is -2.37. The highest BCUT2D eigenvalue weighted by Gasteiger charge is 2.24. The van der Waals surface area contributed by atoms with E-state index in [0.29, 0.717) is 18.2 Å². The number of rotatable bonds is 3. The van der Waals surface area contributed by atoms with E-state index in [1.54, 1.807) is 0 Å². The minimum Gasteiger partial charge on any atom is -0.338 e. The van der Waals surface area contributed by atoms with Crippen LogP contribution in [0.2, 0.25) is 0 Å². The van der Waals surface area contributed by atoms with Crippen LogP contribution in [0, 0.1) is 0 Å². The van der Waals surface area contributed by atoms with Crippen LogP contribution < -0.4 is 0 Å². The van der Waals surface area contributed by atoms with Gasteiger partial charge in [0.1, 0.15) is 0 Å². The molecule has 1 heterocycles. The summed E-state index contributed by atoms with van der Waals surface area (Å²) in [7, 11) is 0. The Balaban J connectivity index is 2.08. The zero-order chi connectivity index (χ0) is 12.3. The number of fused-ring (bicyclic) bond motifs is 1. The molecular weight excluding hydrogens is 210 g/mol. The number of amides is 1. The van der Waals surface area contributed by atoms with Gasteiger partial charge in [-0.1, -0.05) is 44.5 Å². The lowest BCUT2D eigenvalue weighted by Gasteiger charge is -2.33. The highest BCUT2D eigenvalue weighted by Crippen LogP contribution is 2.28. The molecule has 0 fully saturated rings. The van der Waals surface area contributed by atoms with Crippen molar-refractivity contribution in [3.8, 4) is 0 Å². The molecule has 0 saturated heterocycles. The van der Waals surface area contributed by atoms with E-state index in [4.69, 9.17) is 0 Å². The smallest absolute Gasteiger partial charge is 0.222 e. The van der Waals surface area contributed by atoms with E-state index in [2.05, 4.69) is 38.1 Å². The van der Waals surface area contributed by atoms with Gasteiger partial charge in [0.2, 0.25) is 5.91 Å². The number of benzene rings is 1. The molecule has 92 valence electrons. The molecule has 0 bridgehead atoms. The molecule has 0 saturated carbocycles. The lowest BCUT2D eigenvalue weighted by molar-refractivity contribution is -0.132. The van der Waals surface area contributed by atoms with Crippen molar-refractivity contribution < 1.29 is 4.79 Å². The molecule has 2 nitrogen and oxygen atoms in total. The van der Waals surface area contributed by atoms with E-state index >= 15 is 0 Å². The predicted octanol–water partition coefficient (Wildman–Crippen LogP) is 3.32. The van der Waals surface area contributed by atoms with E-state index < -0.39 is 0 Å². The normalized spacial score (nSPS) is 18.9. The molecule has 1 amide bonds. The molecule has 1 unspecified atom stereocenters. The van der Waals surface area contributed by atoms with Crippen molar-refractivity contribution in [2.24, 2.45) is 0 Å². The van der Waals surface area contributed by atoms with Crippen LogP contribution in [0.1, 0.15) is 50.2 Å². The highest BCUT2D eigenvalue weighted by molar-refractivity contribution is 5.76. The quantitative estimate of drug-likeness (QED) is 0.781. The van der Waals surface area contributed by atoms with E-state index in [9.17, 15) is 4.79 Å². The summed E-state index contributed by atoms with van der Waals surface area (Å²) in [5.74, 6) is 0.777. The lowest BCUT2D eigenvalue weighted by atomic mass is 9.91. The topological polar surface area (TPSA) is 20.3 Å². The van der Waals surface area contributed by atoms with E-state index in [0.717, 1.165) is 25.9 Å². The Hall–Kier alpha value is -1.31. The maximum atomic E-state index is 12.0. The Morgan fingerprint density at radius 3 is 2.94 bits per heavy atom. The molecule has 17 heavy (non-hydrogen) atoms. The summed E-state index contributed by atoms with van der Waals surface area (Å²) in [5.41, 5.74) is 2.73. The van der Waals surface area contributed by atoms with Gasteiger partial charge in [-0.05, 0) is 23.5 Å². The summed E-state index contributed by atoms with van der Waals surface area (Å²) in [4.78, 5) is 14.1. The van der Waals surface area contributed by atoms with Crippen LogP contribution in [-0.4, -0.2) is 17.4 Å². The summed E-state index contributed by atoms with van der Waals surface area (Å²) in [6.45, 7) is 6.00. The Morgan fingerprint density at radius 1 is 1.41 bits per heavy atom. The molecule has 1 aromatic carbocycles. The number of carbonyl (C=O) groups is 1. The third-order valence-electron chi connectivity index (χ3n) is 3.54. The summed E-state index contributed by atoms with van der Waals surface area (Å²) < 4.78 is 0. The van der Waals surface area contributed by atoms with E-state index in [1.165, 1.54) is 11.1 Å². The number of carbonyl (C=O) groups excluding carboxylic acids is 1. The van der Waals surface area contributed by atoms with Crippen LogP contribution in [0.3, 0.4) is 0 Å². The zero-order valence-electron chi connectivity index (χ0n) is 10.8. The first kappa shape index (κ1) is 12.2. The van der Waals surface area contributed by atoms with Crippen LogP contribution in [-0.2, 0) is 11.3 Å². The Morgan fingerprint density at radius 2 is 2.18 bits per heavy atom. The second kappa shape index (κ2) is 5.35. The summed E-state index contributed by atoms with van der Waals surface area (Å²) in [5, 5.41) is 0. The fourth-order valence-electron chi connectivity index (χ4n) is 2.53. The van der Waals surface area contributed by atoms with Crippen molar-refractivity contribution >= 4 is 5.91 Å². The number of hydrogen-bond acceptors (Lipinski definition) is 1. The molecule has 1 aliphatic rings. The van der Waals surface area contributed by atoms with Gasteiger partial charge in [0.05, 0.1) is 0 Å². The van der Waals surface area contributed by atoms with Crippen LogP contribution >= 0.6 is 0 Å². The average molecular weight is 231 g/mol. The molecule has 0 radical (unpaired) electrons. The highest BCUT2D eigenvalue weighted by atomic mass is 16.2. The maximum Gasteiger partial charge on any atom is 0.222 e. The first-order chi connectivity index (χ1) is 8.22. The van der Waals surface area contributed by atoms with Crippen LogP contribution in [0.4, 0.5) is 0 Å². The van der Waals surface area contributed by atoms with Gasteiger partial charge in [0.15, 0.2) is 0 Å². The van der Waals surface area contributed by atoms with Crippen LogP contribution in [0.5, 0.6) is 0 Å². The van der Waals surface area contributed by atoms with Gasteiger partial charge in [0, 0.05) is 19.5 Å². The second-order valence-corrected chi connectivity index (χ2v) is 4.98. The molecular formula is C15H21NO. The van der Waals surface area contributed by atoms with Crippen molar-refractivity contribution in [3.63, 3.8) is 0 Å². The Kier molecular flexibility index (Phi) is 3.82. The molecule has 0 spiro atoms. The van der Waals surface area contributed by atoms with Crippen molar-refractivity contribution in [1.82, 2.24) is 4.90 Å². The third kappa shape index (κ3) is 2.68. The van der Waals surface area contributed by atoms with Gasteiger partial charge in [0.25, 0.3) is 0 Å². The molecule has 2 heteroatoms. The SMILES string of the molecule is CCCCC(=O)N1Cc2ccccc2C(C)C1. The molecule has 0 aliphatic carbocycles. The van der Waals surface area contributed by atoms with E-state index in [1.807, 2.05) is 4.90 Å². The van der Waals surface area contributed by atoms with Gasteiger partial charge >= 0.3 is 0 Å². The summed E-state index contributed by atoms with van der Waals surface area (Å²) >= 11 is 0. The van der Waals surface area contributed by atoms with Crippen molar-refractivity contribution in [3.05, 3.63) is 35.4 Å². The third-order valence-corrected chi connectivity index (χ3v) is 3.54. The summed E-state index contributed by atoms with van der Waals surface area (Å²) in [6, 6.07) is 8.48. The monoisotopic (exact) mass is 231 g/mol. The molecule has 1 atom stereocenters. The fourth-order valence-corrected chi connectivity index (χ4v) is 2.53. The Bertz CT molecular complexity index is 400. The van der Waals surface area contributed by atoms with Gasteiger partial charge in [-0.2, -0.15) is 0 Å². The van der Waals surface area contributed by atoms with Gasteiger partial charge < -0.3 is 4.90 Å². The fraction of sp³-hybridized carbons (Fsp3) is 0.533. The largest absolute Gasteiger partial charge is 0.338 e. The van der Waals surface area contributed by atoms with Crippen LogP contribution in [0.25, 0.3) is 0 Å². The van der Waals surface area contributed by atoms with Crippen molar-refractivity contribution in [2.45, 2.75) is 45.6 Å². The van der Waals surface area contributed by atoms with E-state index in [-0.39, 0.29) is 0 Å². The second-order valence-electron chi connectivity index (χ2n) is 4.98. The van der Waals surface area contributed by atoms with Gasteiger partial charge in [-0.25, -0.2) is 0 Å². The zero-order valence-corrected chi connectivity index (χ0v) is 10.8. The average Bonchev–Trinajstić information content (AvgIpc) is 2.36. The first-order valence-corrected chi connectivity index (χ1v) is 6.58. The number of unbranched alkanes of at least 4 members (excludes halogenated alkanes) is 1. The molecule has 0 aromatic heterocycles. The number of nitrogens with zero attached hydrogens (tertiary/aromatic N) is 1. The van der Waals surface area contributed by atoms with Gasteiger partial charge in [-0.15, -0.1) is 0 Å². The molecule has 0 N–H and O–H groups in total. The van der Waals surface area contributed by atoms with Crippen LogP contribution in [0.15, 0.2) is 24.3 Å². The number of hydrogen-bond donors (Lipinski definition) is 0. The standard InChI is InChI=1S/C15H21NO/c1-3-4-9-15(17)16-10-12(2)14-8-6-5-7-13(14)11-16/h5-8,12H,3-4,9-11H2,1-2H3. The molecule has 1 aromatic rings. The van der Waals surface area contributed by atoms with Crippen molar-refractivity contribution in [2.75, 3.05) is 6.54 Å². The predicted molar refractivity (Wildman–Crippen MR) is 69.8 cm³/mol. The minimum atomic E-state index is 0.313. The molecule has 1 aliphatic heterocycles. The summed E-state index contributed by atoms with van der Waals surface area (Å²) in [6.07, 6.45) is 2.79. The first-order valence-electron chi connectivity index (χ1n) is 6.58. The minimum absolute atomic E-state index is 0.313. The molecule has 2 rings (SSSR count). The van der Waals surface area contributed by atoms with Crippen molar-refractivity contribution in [1.29, 1.82) is 0 Å². The van der Waals surface area contributed by atoms with Gasteiger partial charge in [-0.3, -0.25) is 4.79 Å². The maximum absolute atomic E-state index is 12.0. The Labute approximate surface area is 104 Å².